The predicted octanol–water partition coefficient (Wildman–Crippen LogP) is 3.84. The second-order valence-electron chi connectivity index (χ2n) is 5.77. The molecular formula is C20H17N3O3. The van der Waals surface area contributed by atoms with Crippen molar-refractivity contribution in [1.29, 1.82) is 0 Å². The first kappa shape index (κ1) is 16.0. The Balaban J connectivity index is 1.96. The summed E-state index contributed by atoms with van der Waals surface area (Å²) in [5.74, 6) is 1.40. The largest absolute Gasteiger partial charge is 0.497 e. The van der Waals surface area contributed by atoms with Crippen LogP contribution in [-0.2, 0) is 0 Å². The maximum atomic E-state index is 12.3. The molecule has 2 heterocycles. The molecule has 0 bridgehead atoms. The normalized spacial score (nSPS) is 10.8. The van der Waals surface area contributed by atoms with Gasteiger partial charge in [0.2, 0.25) is 0 Å². The summed E-state index contributed by atoms with van der Waals surface area (Å²) in [5, 5.41) is 5.68. The van der Waals surface area contributed by atoms with Crippen LogP contribution >= 0.6 is 0 Å². The van der Waals surface area contributed by atoms with Crippen molar-refractivity contribution in [3.8, 4) is 11.5 Å². The van der Waals surface area contributed by atoms with Crippen molar-refractivity contribution in [2.24, 2.45) is 0 Å². The third kappa shape index (κ3) is 2.61. The molecule has 0 aliphatic heterocycles. The summed E-state index contributed by atoms with van der Waals surface area (Å²) in [6.45, 7) is 0. The monoisotopic (exact) mass is 347 g/mol. The van der Waals surface area contributed by atoms with Crippen LogP contribution in [0.1, 0.15) is 0 Å². The van der Waals surface area contributed by atoms with E-state index in [-0.39, 0.29) is 5.56 Å². The van der Waals surface area contributed by atoms with Gasteiger partial charge in [0.25, 0.3) is 5.56 Å². The molecule has 6 nitrogen and oxygen atoms in total. The third-order valence-electron chi connectivity index (χ3n) is 4.30. The fraction of sp³-hybridized carbons (Fsp3) is 0.100. The first-order valence-corrected chi connectivity index (χ1v) is 8.10. The number of aromatic amines is 1. The highest BCUT2D eigenvalue weighted by molar-refractivity contribution is 6.11. The van der Waals surface area contributed by atoms with Gasteiger partial charge in [0.1, 0.15) is 17.1 Å². The van der Waals surface area contributed by atoms with Gasteiger partial charge in [-0.15, -0.1) is 0 Å². The average Bonchev–Trinajstić information content (AvgIpc) is 2.68. The number of ether oxygens (including phenoxy) is 2. The number of H-pyrrole nitrogens is 1. The summed E-state index contributed by atoms with van der Waals surface area (Å²) in [7, 11) is 3.23. The van der Waals surface area contributed by atoms with Gasteiger partial charge in [-0.2, -0.15) is 0 Å². The minimum absolute atomic E-state index is 0.156. The van der Waals surface area contributed by atoms with Crippen LogP contribution in [0.2, 0.25) is 0 Å². The van der Waals surface area contributed by atoms with Crippen molar-refractivity contribution in [3.05, 3.63) is 65.1 Å². The smallest absolute Gasteiger partial charge is 0.257 e. The van der Waals surface area contributed by atoms with E-state index in [1.54, 1.807) is 26.5 Å². The number of nitrogens with one attached hydrogen (secondary N) is 2. The van der Waals surface area contributed by atoms with Crippen LogP contribution in [0.5, 0.6) is 11.5 Å². The molecule has 2 aromatic carbocycles. The van der Waals surface area contributed by atoms with E-state index in [0.29, 0.717) is 22.5 Å². The first-order chi connectivity index (χ1) is 12.7. The van der Waals surface area contributed by atoms with Crippen molar-refractivity contribution < 1.29 is 9.47 Å². The van der Waals surface area contributed by atoms with Gasteiger partial charge in [-0.1, -0.05) is 18.2 Å². The van der Waals surface area contributed by atoms with Gasteiger partial charge in [-0.05, 0) is 24.3 Å². The Bertz CT molecular complexity index is 1170. The topological polar surface area (TPSA) is 76.2 Å². The lowest BCUT2D eigenvalue weighted by atomic mass is 10.1. The Morgan fingerprint density at radius 3 is 2.54 bits per heavy atom. The van der Waals surface area contributed by atoms with E-state index < -0.39 is 0 Å². The van der Waals surface area contributed by atoms with Crippen LogP contribution < -0.4 is 20.3 Å². The molecule has 2 aromatic heterocycles. The van der Waals surface area contributed by atoms with Crippen molar-refractivity contribution in [2.75, 3.05) is 19.5 Å². The molecule has 0 unspecified atom stereocenters. The molecule has 130 valence electrons. The molecular weight excluding hydrogens is 330 g/mol. The van der Waals surface area contributed by atoms with Crippen molar-refractivity contribution in [2.45, 2.75) is 0 Å². The lowest BCUT2D eigenvalue weighted by Crippen LogP contribution is -2.08. The zero-order chi connectivity index (χ0) is 18.1. The minimum atomic E-state index is -0.156. The lowest BCUT2D eigenvalue weighted by Gasteiger charge is -2.15. The molecule has 0 radical (unpaired) electrons. The molecule has 0 amide bonds. The van der Waals surface area contributed by atoms with E-state index in [0.717, 1.165) is 22.1 Å². The molecule has 26 heavy (non-hydrogen) atoms. The summed E-state index contributed by atoms with van der Waals surface area (Å²) in [6.07, 6.45) is 1.65. The molecule has 4 aromatic rings. The van der Waals surface area contributed by atoms with Crippen molar-refractivity contribution in [1.82, 2.24) is 9.97 Å². The Morgan fingerprint density at radius 2 is 1.77 bits per heavy atom. The van der Waals surface area contributed by atoms with E-state index in [1.165, 1.54) is 0 Å². The van der Waals surface area contributed by atoms with Gasteiger partial charge < -0.3 is 19.8 Å². The number of rotatable bonds is 4. The summed E-state index contributed by atoms with van der Waals surface area (Å²) >= 11 is 0. The van der Waals surface area contributed by atoms with Gasteiger partial charge in [0.15, 0.2) is 0 Å². The molecule has 4 rings (SSSR count). The van der Waals surface area contributed by atoms with Crippen LogP contribution in [-0.4, -0.2) is 24.2 Å². The zero-order valence-corrected chi connectivity index (χ0v) is 14.4. The second-order valence-corrected chi connectivity index (χ2v) is 5.77. The minimum Gasteiger partial charge on any atom is -0.497 e. The summed E-state index contributed by atoms with van der Waals surface area (Å²) < 4.78 is 10.8. The van der Waals surface area contributed by atoms with Crippen LogP contribution in [0, 0.1) is 0 Å². The van der Waals surface area contributed by atoms with E-state index >= 15 is 0 Å². The van der Waals surface area contributed by atoms with Crippen molar-refractivity contribution >= 4 is 33.2 Å². The number of anilines is 2. The highest BCUT2D eigenvalue weighted by Crippen LogP contribution is 2.35. The summed E-state index contributed by atoms with van der Waals surface area (Å²) in [4.78, 5) is 19.5. The number of benzene rings is 2. The number of hydrogen-bond acceptors (Lipinski definition) is 5. The second kappa shape index (κ2) is 6.40. The van der Waals surface area contributed by atoms with Gasteiger partial charge in [-0.3, -0.25) is 4.79 Å². The molecule has 0 atom stereocenters. The molecule has 0 fully saturated rings. The molecule has 0 aliphatic rings. The third-order valence-corrected chi connectivity index (χ3v) is 4.30. The number of aromatic nitrogens is 2. The standard InChI is InChI=1S/C20H17N3O3/c1-25-12-7-8-17(26-2)16(11-12)22-15-9-10-21-19-18(15)13-5-3-4-6-14(13)20(24)23-19/h3-11H,1-2H3,(H2,21,22,23,24). The molecule has 0 aliphatic carbocycles. The van der Waals surface area contributed by atoms with Gasteiger partial charge in [0, 0.05) is 28.4 Å². The highest BCUT2D eigenvalue weighted by Gasteiger charge is 2.12. The van der Waals surface area contributed by atoms with Crippen LogP contribution in [0.25, 0.3) is 21.8 Å². The zero-order valence-electron chi connectivity index (χ0n) is 14.4. The van der Waals surface area contributed by atoms with Crippen LogP contribution in [0.4, 0.5) is 11.4 Å². The Labute approximate surface area is 149 Å². The van der Waals surface area contributed by atoms with E-state index in [2.05, 4.69) is 15.3 Å². The number of hydrogen-bond donors (Lipinski definition) is 2. The SMILES string of the molecule is COc1ccc(OC)c(Nc2ccnc3[nH]c(=O)c4ccccc4c23)c1. The van der Waals surface area contributed by atoms with Gasteiger partial charge in [0.05, 0.1) is 25.6 Å². The Hall–Kier alpha value is -3.54. The maximum absolute atomic E-state index is 12.3. The first-order valence-electron chi connectivity index (χ1n) is 8.10. The van der Waals surface area contributed by atoms with E-state index in [4.69, 9.17) is 9.47 Å². The fourth-order valence-corrected chi connectivity index (χ4v) is 3.06. The molecule has 0 saturated carbocycles. The molecule has 2 N–H and O–H groups in total. The number of methoxy groups -OCH3 is 2. The van der Waals surface area contributed by atoms with Gasteiger partial charge >= 0.3 is 0 Å². The van der Waals surface area contributed by atoms with E-state index in [1.807, 2.05) is 42.5 Å². The molecule has 6 heteroatoms. The Morgan fingerprint density at radius 1 is 0.962 bits per heavy atom. The quantitative estimate of drug-likeness (QED) is 0.549. The number of fused-ring (bicyclic) bond motifs is 3. The van der Waals surface area contributed by atoms with Crippen LogP contribution in [0.15, 0.2) is 59.5 Å². The molecule has 0 saturated heterocycles. The fourth-order valence-electron chi connectivity index (χ4n) is 3.06. The summed E-state index contributed by atoms with van der Waals surface area (Å²) in [6, 6.07) is 14.9. The highest BCUT2D eigenvalue weighted by atomic mass is 16.5. The summed E-state index contributed by atoms with van der Waals surface area (Å²) in [5.41, 5.74) is 1.95. The van der Waals surface area contributed by atoms with Gasteiger partial charge in [-0.25, -0.2) is 4.98 Å². The Kier molecular flexibility index (Phi) is 3.93. The molecule has 0 spiro atoms. The van der Waals surface area contributed by atoms with Crippen molar-refractivity contribution in [3.63, 3.8) is 0 Å². The maximum Gasteiger partial charge on any atom is 0.257 e. The predicted molar refractivity (Wildman–Crippen MR) is 103 cm³/mol. The number of pyridine rings is 2. The number of nitrogens with zero attached hydrogens (tertiary/aromatic N) is 1. The average molecular weight is 347 g/mol. The van der Waals surface area contributed by atoms with Crippen LogP contribution in [0.3, 0.4) is 0 Å². The lowest BCUT2D eigenvalue weighted by molar-refractivity contribution is 0.405. The van der Waals surface area contributed by atoms with E-state index in [9.17, 15) is 4.79 Å².